The molecule has 0 aromatic heterocycles. The van der Waals surface area contributed by atoms with Gasteiger partial charge < -0.3 is 15.3 Å². The van der Waals surface area contributed by atoms with Gasteiger partial charge in [0.15, 0.2) is 0 Å². The van der Waals surface area contributed by atoms with Crippen molar-refractivity contribution in [1.29, 1.82) is 0 Å². The van der Waals surface area contributed by atoms with Crippen molar-refractivity contribution in [2.24, 2.45) is 0 Å². The van der Waals surface area contributed by atoms with Gasteiger partial charge in [0.05, 0.1) is 0 Å². The van der Waals surface area contributed by atoms with E-state index >= 15 is 0 Å². The lowest BCUT2D eigenvalue weighted by atomic mass is 10.0. The van der Waals surface area contributed by atoms with Crippen LogP contribution in [0.1, 0.15) is 46.0 Å². The Morgan fingerprint density at radius 1 is 1.29 bits per heavy atom. The lowest BCUT2D eigenvalue weighted by Gasteiger charge is -2.32. The smallest absolute Gasteiger partial charge is 0.324 e. The topological polar surface area (TPSA) is 52.6 Å². The summed E-state index contributed by atoms with van der Waals surface area (Å²) >= 11 is 0. The number of likely N-dealkylation sites (tertiary alicyclic amines) is 1. The first-order valence-electron chi connectivity index (χ1n) is 6.79. The molecule has 0 radical (unpaired) electrons. The summed E-state index contributed by atoms with van der Waals surface area (Å²) in [5.74, 6) is -0.741. The molecule has 1 aliphatic heterocycles. The van der Waals surface area contributed by atoms with E-state index in [1.807, 2.05) is 0 Å². The molecule has 1 heterocycles. The molecule has 1 rings (SSSR count). The van der Waals surface area contributed by atoms with Crippen LogP contribution in [0.3, 0.4) is 0 Å². The zero-order valence-electron chi connectivity index (χ0n) is 11.2. The number of hydrogen-bond donors (Lipinski definition) is 2. The number of carboxylic acid groups (broad SMARTS) is 1. The van der Waals surface area contributed by atoms with Gasteiger partial charge in [0.1, 0.15) is 5.54 Å². The molecule has 0 spiro atoms. The van der Waals surface area contributed by atoms with E-state index in [9.17, 15) is 9.90 Å². The van der Waals surface area contributed by atoms with Gasteiger partial charge in [0.25, 0.3) is 0 Å². The maximum Gasteiger partial charge on any atom is 0.324 e. The number of carboxylic acids is 1. The van der Waals surface area contributed by atoms with E-state index in [-0.39, 0.29) is 0 Å². The minimum absolute atomic E-state index is 0.613. The van der Waals surface area contributed by atoms with Crippen molar-refractivity contribution in [3.63, 3.8) is 0 Å². The van der Waals surface area contributed by atoms with Crippen molar-refractivity contribution >= 4 is 5.97 Å². The first kappa shape index (κ1) is 14.5. The maximum absolute atomic E-state index is 11.4. The molecular formula is C13H26N2O2. The second-order valence-electron chi connectivity index (χ2n) is 5.25. The van der Waals surface area contributed by atoms with Crippen molar-refractivity contribution in [2.75, 3.05) is 26.2 Å². The fourth-order valence-corrected chi connectivity index (χ4v) is 2.34. The van der Waals surface area contributed by atoms with Crippen LogP contribution in [0, 0.1) is 0 Å². The van der Waals surface area contributed by atoms with E-state index in [0.717, 1.165) is 26.1 Å². The molecule has 0 bridgehead atoms. The van der Waals surface area contributed by atoms with Crippen LogP contribution in [0.15, 0.2) is 0 Å². The number of carbonyl (C=O) groups is 1. The number of nitrogens with zero attached hydrogens (tertiary/aromatic N) is 1. The molecule has 1 atom stereocenters. The maximum atomic E-state index is 11.4. The summed E-state index contributed by atoms with van der Waals surface area (Å²) in [6.45, 7) is 7.31. The van der Waals surface area contributed by atoms with Gasteiger partial charge in [0, 0.05) is 6.54 Å². The molecule has 1 saturated heterocycles. The molecule has 1 fully saturated rings. The highest BCUT2D eigenvalue weighted by Gasteiger charge is 2.34. The third kappa shape index (κ3) is 4.64. The normalized spacial score (nSPS) is 21.8. The summed E-state index contributed by atoms with van der Waals surface area (Å²) in [5, 5.41) is 12.5. The quantitative estimate of drug-likeness (QED) is 0.744. The predicted molar refractivity (Wildman–Crippen MR) is 69.2 cm³/mol. The van der Waals surface area contributed by atoms with E-state index in [1.54, 1.807) is 6.92 Å². The van der Waals surface area contributed by atoms with Crippen LogP contribution in [0.4, 0.5) is 0 Å². The van der Waals surface area contributed by atoms with Crippen LogP contribution in [-0.2, 0) is 4.79 Å². The Kier molecular flexibility index (Phi) is 5.92. The summed E-state index contributed by atoms with van der Waals surface area (Å²) < 4.78 is 0. The van der Waals surface area contributed by atoms with Crippen LogP contribution in [0.25, 0.3) is 0 Å². The fourth-order valence-electron chi connectivity index (χ4n) is 2.34. The molecule has 1 unspecified atom stereocenters. The van der Waals surface area contributed by atoms with Crippen LogP contribution in [0.2, 0.25) is 0 Å². The zero-order valence-corrected chi connectivity index (χ0v) is 11.2. The molecule has 0 amide bonds. The molecule has 1 aliphatic rings. The Balaban J connectivity index is 2.54. The van der Waals surface area contributed by atoms with E-state index in [4.69, 9.17) is 0 Å². The first-order valence-corrected chi connectivity index (χ1v) is 6.79. The Morgan fingerprint density at radius 3 is 2.35 bits per heavy atom. The monoisotopic (exact) mass is 242 g/mol. The zero-order chi connectivity index (χ0) is 12.7. The van der Waals surface area contributed by atoms with E-state index in [1.165, 1.54) is 25.7 Å². The van der Waals surface area contributed by atoms with Gasteiger partial charge in [0.2, 0.25) is 0 Å². The molecule has 0 aliphatic carbocycles. The molecule has 100 valence electrons. The molecule has 0 saturated carbocycles. The van der Waals surface area contributed by atoms with Crippen molar-refractivity contribution in [1.82, 2.24) is 10.2 Å². The van der Waals surface area contributed by atoms with Crippen LogP contribution in [-0.4, -0.2) is 47.7 Å². The first-order chi connectivity index (χ1) is 8.08. The second-order valence-corrected chi connectivity index (χ2v) is 5.25. The highest BCUT2D eigenvalue weighted by Crippen LogP contribution is 2.14. The molecule has 17 heavy (non-hydrogen) atoms. The van der Waals surface area contributed by atoms with Gasteiger partial charge in [-0.2, -0.15) is 0 Å². The Labute approximate surface area is 104 Å². The molecule has 0 aromatic carbocycles. The summed E-state index contributed by atoms with van der Waals surface area (Å²) in [6, 6.07) is 0. The summed E-state index contributed by atoms with van der Waals surface area (Å²) in [6.07, 6.45) is 5.92. The molecular weight excluding hydrogens is 216 g/mol. The third-order valence-corrected chi connectivity index (χ3v) is 3.48. The number of aliphatic carboxylic acids is 1. The lowest BCUT2D eigenvalue weighted by Crippen LogP contribution is -2.57. The van der Waals surface area contributed by atoms with E-state index in [0.29, 0.717) is 6.54 Å². The van der Waals surface area contributed by atoms with Crippen LogP contribution in [0.5, 0.6) is 0 Å². The molecule has 0 aromatic rings. The van der Waals surface area contributed by atoms with Crippen LogP contribution < -0.4 is 5.32 Å². The number of rotatable bonds is 6. The predicted octanol–water partition coefficient (Wildman–Crippen LogP) is 1.71. The van der Waals surface area contributed by atoms with Gasteiger partial charge in [-0.15, -0.1) is 0 Å². The second kappa shape index (κ2) is 6.97. The summed E-state index contributed by atoms with van der Waals surface area (Å²) in [7, 11) is 0. The minimum atomic E-state index is -0.805. The molecule has 2 N–H and O–H groups in total. The number of hydrogen-bond acceptors (Lipinski definition) is 3. The van der Waals surface area contributed by atoms with Crippen molar-refractivity contribution in [2.45, 2.75) is 51.5 Å². The van der Waals surface area contributed by atoms with E-state index in [2.05, 4.69) is 17.1 Å². The molecule has 4 heteroatoms. The fraction of sp³-hybridized carbons (Fsp3) is 0.923. The summed E-state index contributed by atoms with van der Waals surface area (Å²) in [5.41, 5.74) is -0.805. The Bertz CT molecular complexity index is 238. The SMILES string of the molecule is CCCNC(C)(CN1CCCCCC1)C(=O)O. The minimum Gasteiger partial charge on any atom is -0.480 e. The van der Waals surface area contributed by atoms with Crippen molar-refractivity contribution in [3.8, 4) is 0 Å². The van der Waals surface area contributed by atoms with Crippen molar-refractivity contribution in [3.05, 3.63) is 0 Å². The van der Waals surface area contributed by atoms with Crippen molar-refractivity contribution < 1.29 is 9.90 Å². The number of nitrogens with one attached hydrogen (secondary N) is 1. The average molecular weight is 242 g/mol. The Morgan fingerprint density at radius 2 is 1.88 bits per heavy atom. The van der Waals surface area contributed by atoms with Gasteiger partial charge in [-0.1, -0.05) is 19.8 Å². The van der Waals surface area contributed by atoms with Gasteiger partial charge in [-0.3, -0.25) is 4.79 Å². The highest BCUT2D eigenvalue weighted by atomic mass is 16.4. The highest BCUT2D eigenvalue weighted by molar-refractivity contribution is 5.78. The molecule has 4 nitrogen and oxygen atoms in total. The average Bonchev–Trinajstić information content (AvgIpc) is 2.54. The summed E-state index contributed by atoms with van der Waals surface area (Å²) in [4.78, 5) is 13.7. The largest absolute Gasteiger partial charge is 0.480 e. The standard InChI is InChI=1S/C13H26N2O2/c1-3-8-14-13(2,12(16)17)11-15-9-6-4-5-7-10-15/h14H,3-11H2,1-2H3,(H,16,17). The van der Waals surface area contributed by atoms with E-state index < -0.39 is 11.5 Å². The lowest BCUT2D eigenvalue weighted by molar-refractivity contribution is -0.145. The third-order valence-electron chi connectivity index (χ3n) is 3.48. The van der Waals surface area contributed by atoms with Crippen LogP contribution >= 0.6 is 0 Å². The van der Waals surface area contributed by atoms with Gasteiger partial charge in [-0.25, -0.2) is 0 Å². The van der Waals surface area contributed by atoms with Gasteiger partial charge >= 0.3 is 5.97 Å². The van der Waals surface area contributed by atoms with Gasteiger partial charge in [-0.05, 0) is 45.8 Å². The Hall–Kier alpha value is -0.610.